The molecule has 1 aliphatic carbocycles. The number of fused-ring (bicyclic) bond motifs is 1. The van der Waals surface area contributed by atoms with Gasteiger partial charge in [0.25, 0.3) is 0 Å². The van der Waals surface area contributed by atoms with Gasteiger partial charge in [0.2, 0.25) is 10.0 Å². The molecule has 0 amide bonds. The van der Waals surface area contributed by atoms with Crippen LogP contribution in [0.25, 0.3) is 0 Å². The molecule has 0 radical (unpaired) electrons. The number of hydrogen-bond acceptors (Lipinski definition) is 9. The Bertz CT molecular complexity index is 724. The fraction of sp³-hybridized carbons (Fsp3) is 1.00. The molecule has 31 heavy (non-hydrogen) atoms. The van der Waals surface area contributed by atoms with Crippen LogP contribution in [0, 0.1) is 11.8 Å². The molecule has 3 saturated heterocycles. The average molecular weight is 461 g/mol. The molecule has 5 N–H and O–H groups in total. The number of likely N-dealkylation sites (N-methyl/N-ethyl adjacent to an activating group) is 1. The van der Waals surface area contributed by atoms with Gasteiger partial charge >= 0.3 is 0 Å². The molecule has 4 rings (SSSR count). The normalized spacial score (nSPS) is 40.9. The second kappa shape index (κ2) is 9.11. The van der Waals surface area contributed by atoms with E-state index in [1.165, 1.54) is 0 Å². The third-order valence-corrected chi connectivity index (χ3v) is 9.72. The van der Waals surface area contributed by atoms with Gasteiger partial charge in [0.15, 0.2) is 0 Å². The van der Waals surface area contributed by atoms with Gasteiger partial charge in [-0.3, -0.25) is 16.2 Å². The van der Waals surface area contributed by atoms with Crippen molar-refractivity contribution in [1.29, 1.82) is 0 Å². The third-order valence-electron chi connectivity index (χ3n) is 7.84. The number of methoxy groups -OCH3 is 1. The monoisotopic (exact) mass is 460 g/mol. The van der Waals surface area contributed by atoms with E-state index >= 15 is 0 Å². The second-order valence-corrected chi connectivity index (χ2v) is 12.2. The molecule has 3 heterocycles. The lowest BCUT2D eigenvalue weighted by atomic mass is 9.80. The summed E-state index contributed by atoms with van der Waals surface area (Å²) >= 11 is 0. The van der Waals surface area contributed by atoms with Gasteiger partial charge < -0.3 is 9.84 Å². The predicted molar refractivity (Wildman–Crippen MR) is 118 cm³/mol. The van der Waals surface area contributed by atoms with Crippen molar-refractivity contribution < 1.29 is 18.3 Å². The van der Waals surface area contributed by atoms with Crippen molar-refractivity contribution in [3.05, 3.63) is 0 Å². The first-order valence-corrected chi connectivity index (χ1v) is 13.1. The molecular weight excluding hydrogens is 420 g/mol. The van der Waals surface area contributed by atoms with Crippen LogP contribution in [0.5, 0.6) is 0 Å². The highest BCUT2D eigenvalue weighted by molar-refractivity contribution is 7.90. The number of hydrazine groups is 2. The van der Waals surface area contributed by atoms with Crippen LogP contribution in [0.1, 0.15) is 39.5 Å². The largest absolute Gasteiger partial charge is 0.390 e. The van der Waals surface area contributed by atoms with Crippen LogP contribution in [-0.4, -0.2) is 99.1 Å². The summed E-state index contributed by atoms with van der Waals surface area (Å²) in [5, 5.41) is 17.4. The van der Waals surface area contributed by atoms with Gasteiger partial charge in [0.1, 0.15) is 0 Å². The summed E-state index contributed by atoms with van der Waals surface area (Å²) in [4.78, 5) is 0. The van der Waals surface area contributed by atoms with E-state index in [0.29, 0.717) is 18.9 Å². The number of rotatable bonds is 6. The minimum absolute atomic E-state index is 0.0785. The molecule has 4 aliphatic rings. The fourth-order valence-electron chi connectivity index (χ4n) is 5.74. The average Bonchev–Trinajstić information content (AvgIpc) is 3.36. The zero-order valence-corrected chi connectivity index (χ0v) is 20.0. The van der Waals surface area contributed by atoms with Crippen LogP contribution < -0.4 is 20.9 Å². The number of ether oxygens (including phenoxy) is 1. The number of sulfonamides is 1. The lowest BCUT2D eigenvalue weighted by Gasteiger charge is -2.42. The fourth-order valence-corrected chi connectivity index (χ4v) is 7.36. The van der Waals surface area contributed by atoms with Crippen LogP contribution in [0.3, 0.4) is 0 Å². The molecule has 10 nitrogen and oxygen atoms in total. The van der Waals surface area contributed by atoms with Crippen LogP contribution in [0.15, 0.2) is 0 Å². The van der Waals surface area contributed by atoms with E-state index in [1.807, 2.05) is 20.9 Å². The summed E-state index contributed by atoms with van der Waals surface area (Å²) in [6.45, 7) is 6.46. The topological polar surface area (TPSA) is 118 Å². The number of nitrogens with one attached hydrogen (secondary N) is 4. The van der Waals surface area contributed by atoms with E-state index in [1.54, 1.807) is 7.11 Å². The standard InChI is InChI=1S/C20H40N6O4S/c1-20(2,27)14-10-23-26(12-14)17-8-6-15(11-21-17)31(28,29)24-18-16(30-4)7-5-13-9-22-25(3)19(13)18/h13-19,21-24,27H,5-12H2,1-4H3. The number of nitrogens with zero attached hydrogens (tertiary/aromatic N) is 2. The summed E-state index contributed by atoms with van der Waals surface area (Å²) < 4.78 is 35.4. The highest BCUT2D eigenvalue weighted by Gasteiger charge is 2.48. The van der Waals surface area contributed by atoms with E-state index < -0.39 is 20.9 Å². The summed E-state index contributed by atoms with van der Waals surface area (Å²) in [6.07, 6.45) is 3.22. The first-order chi connectivity index (χ1) is 14.6. The second-order valence-electron chi connectivity index (χ2n) is 10.3. The minimum atomic E-state index is -3.49. The van der Waals surface area contributed by atoms with Crippen molar-refractivity contribution in [1.82, 2.24) is 30.9 Å². The quantitative estimate of drug-likeness (QED) is 0.333. The molecule has 0 aromatic heterocycles. The molecule has 0 bridgehead atoms. The van der Waals surface area contributed by atoms with Crippen LogP contribution in [0.4, 0.5) is 0 Å². The van der Waals surface area contributed by atoms with Gasteiger partial charge in [0, 0.05) is 52.3 Å². The smallest absolute Gasteiger partial charge is 0.216 e. The SMILES string of the molecule is COC1CCC2CNN(C)C2C1NS(=O)(=O)C1CCC(N2CC(C(C)(C)O)CN2)NC1. The Labute approximate surface area is 186 Å². The molecule has 180 valence electrons. The zero-order chi connectivity index (χ0) is 22.4. The number of piperidine rings is 1. The molecule has 3 aliphatic heterocycles. The third kappa shape index (κ3) is 4.95. The van der Waals surface area contributed by atoms with Gasteiger partial charge in [-0.1, -0.05) is 0 Å². The predicted octanol–water partition coefficient (Wildman–Crippen LogP) is -1.20. The maximum absolute atomic E-state index is 13.3. The summed E-state index contributed by atoms with van der Waals surface area (Å²) in [5.74, 6) is 0.586. The maximum Gasteiger partial charge on any atom is 0.216 e. The Hall–Kier alpha value is -0.370. The molecule has 7 unspecified atom stereocenters. The molecule has 0 spiro atoms. The highest BCUT2D eigenvalue weighted by Crippen LogP contribution is 2.33. The van der Waals surface area contributed by atoms with Gasteiger partial charge in [-0.15, -0.1) is 0 Å². The minimum Gasteiger partial charge on any atom is -0.390 e. The molecular formula is C20H40N6O4S. The van der Waals surface area contributed by atoms with Crippen molar-refractivity contribution in [3.63, 3.8) is 0 Å². The Balaban J connectivity index is 1.36. The van der Waals surface area contributed by atoms with Crippen LogP contribution in [0.2, 0.25) is 0 Å². The van der Waals surface area contributed by atoms with E-state index in [2.05, 4.69) is 30.9 Å². The number of aliphatic hydroxyl groups is 1. The molecule has 11 heteroatoms. The first kappa shape index (κ1) is 23.8. The van der Waals surface area contributed by atoms with Crippen molar-refractivity contribution in [2.45, 2.75) is 74.7 Å². The Morgan fingerprint density at radius 2 is 1.87 bits per heavy atom. The molecule has 7 atom stereocenters. The van der Waals surface area contributed by atoms with Crippen molar-refractivity contribution in [3.8, 4) is 0 Å². The highest BCUT2D eigenvalue weighted by atomic mass is 32.2. The van der Waals surface area contributed by atoms with E-state index in [0.717, 1.165) is 38.9 Å². The lowest BCUT2D eigenvalue weighted by Crippen LogP contribution is -2.62. The first-order valence-electron chi connectivity index (χ1n) is 11.6. The summed E-state index contributed by atoms with van der Waals surface area (Å²) in [6, 6.07) is -0.149. The lowest BCUT2D eigenvalue weighted by molar-refractivity contribution is 0.00316. The van der Waals surface area contributed by atoms with Gasteiger partial charge in [-0.05, 0) is 45.4 Å². The van der Waals surface area contributed by atoms with Crippen molar-refractivity contribution in [2.75, 3.05) is 40.3 Å². The maximum atomic E-state index is 13.3. The van der Waals surface area contributed by atoms with E-state index in [4.69, 9.17) is 4.74 Å². The van der Waals surface area contributed by atoms with E-state index in [9.17, 15) is 13.5 Å². The molecule has 1 saturated carbocycles. The summed E-state index contributed by atoms with van der Waals surface area (Å²) in [7, 11) is 0.164. The Kier molecular flexibility index (Phi) is 6.99. The van der Waals surface area contributed by atoms with E-state index in [-0.39, 0.29) is 30.3 Å². The van der Waals surface area contributed by atoms with Crippen LogP contribution >= 0.6 is 0 Å². The van der Waals surface area contributed by atoms with Crippen molar-refractivity contribution >= 4 is 10.0 Å². The van der Waals surface area contributed by atoms with Gasteiger partial charge in [0.05, 0.1) is 29.2 Å². The van der Waals surface area contributed by atoms with Gasteiger partial charge in [-0.25, -0.2) is 23.2 Å². The summed E-state index contributed by atoms with van der Waals surface area (Å²) in [5.41, 5.74) is 5.98. The molecule has 0 aromatic carbocycles. The van der Waals surface area contributed by atoms with Crippen LogP contribution in [-0.2, 0) is 14.8 Å². The zero-order valence-electron chi connectivity index (χ0n) is 19.2. The Morgan fingerprint density at radius 3 is 2.48 bits per heavy atom. The Morgan fingerprint density at radius 1 is 1.10 bits per heavy atom. The number of hydrogen-bond donors (Lipinski definition) is 5. The molecule has 4 fully saturated rings. The molecule has 0 aromatic rings. The van der Waals surface area contributed by atoms with Gasteiger partial charge in [-0.2, -0.15) is 0 Å². The van der Waals surface area contributed by atoms with Crippen molar-refractivity contribution in [2.24, 2.45) is 11.8 Å².